The van der Waals surface area contributed by atoms with Gasteiger partial charge in [-0.1, -0.05) is 26.2 Å². The van der Waals surface area contributed by atoms with Crippen LogP contribution in [0, 0.1) is 5.92 Å². The lowest BCUT2D eigenvalue weighted by Crippen LogP contribution is -2.34. The van der Waals surface area contributed by atoms with Gasteiger partial charge in [-0.25, -0.2) is 0 Å². The predicted molar refractivity (Wildman–Crippen MR) is 97.4 cm³/mol. The van der Waals surface area contributed by atoms with Crippen molar-refractivity contribution in [1.82, 2.24) is 19.7 Å². The van der Waals surface area contributed by atoms with E-state index in [1.165, 1.54) is 44.9 Å². The van der Waals surface area contributed by atoms with E-state index in [2.05, 4.69) is 22.2 Å². The molecule has 3 heterocycles. The largest absolute Gasteiger partial charge is 0.367 e. The summed E-state index contributed by atoms with van der Waals surface area (Å²) in [5.74, 6) is 2.63. The summed E-state index contributed by atoms with van der Waals surface area (Å²) in [6.45, 7) is 4.43. The molecule has 0 amide bonds. The first-order chi connectivity index (χ1) is 11.7. The van der Waals surface area contributed by atoms with Crippen molar-refractivity contribution in [2.45, 2.75) is 57.9 Å². The number of anilines is 2. The maximum atomic E-state index is 4.91. The number of hydrogen-bond acceptors (Lipinski definition) is 5. The molecule has 0 unspecified atom stereocenters. The molecular formula is C18H28N6. The molecule has 2 aromatic heterocycles. The predicted octanol–water partition coefficient (Wildman–Crippen LogP) is 3.34. The Kier molecular flexibility index (Phi) is 4.29. The van der Waals surface area contributed by atoms with Crippen molar-refractivity contribution in [3.63, 3.8) is 0 Å². The van der Waals surface area contributed by atoms with Crippen LogP contribution in [0.1, 0.15) is 51.9 Å². The Bertz CT molecular complexity index is 695. The van der Waals surface area contributed by atoms with E-state index in [0.29, 0.717) is 6.04 Å². The second kappa shape index (κ2) is 6.57. The van der Waals surface area contributed by atoms with Gasteiger partial charge >= 0.3 is 0 Å². The van der Waals surface area contributed by atoms with Gasteiger partial charge in [-0.2, -0.15) is 15.1 Å². The third-order valence-corrected chi connectivity index (χ3v) is 5.59. The maximum absolute atomic E-state index is 4.91. The van der Waals surface area contributed by atoms with Crippen LogP contribution in [0.15, 0.2) is 6.20 Å². The van der Waals surface area contributed by atoms with Gasteiger partial charge in [0.25, 0.3) is 0 Å². The number of fused-ring (bicyclic) bond motifs is 1. The van der Waals surface area contributed by atoms with Crippen LogP contribution >= 0.6 is 0 Å². The summed E-state index contributed by atoms with van der Waals surface area (Å²) in [5.41, 5.74) is 0.928. The van der Waals surface area contributed by atoms with Crippen molar-refractivity contribution in [3.05, 3.63) is 6.20 Å². The average molecular weight is 328 g/mol. The van der Waals surface area contributed by atoms with Crippen LogP contribution in [-0.2, 0) is 7.05 Å². The molecule has 4 rings (SSSR count). The molecule has 2 fully saturated rings. The summed E-state index contributed by atoms with van der Waals surface area (Å²) in [6.07, 6.45) is 10.8. The number of aromatic nitrogens is 4. The Hall–Kier alpha value is -1.85. The Morgan fingerprint density at radius 3 is 2.54 bits per heavy atom. The second-order valence-electron chi connectivity index (χ2n) is 7.53. The minimum atomic E-state index is 0.534. The van der Waals surface area contributed by atoms with Crippen molar-refractivity contribution < 1.29 is 0 Å². The van der Waals surface area contributed by atoms with Crippen molar-refractivity contribution in [2.75, 3.05) is 23.3 Å². The lowest BCUT2D eigenvalue weighted by Gasteiger charge is -2.31. The first-order valence-corrected chi connectivity index (χ1v) is 9.42. The highest BCUT2D eigenvalue weighted by molar-refractivity contribution is 5.87. The van der Waals surface area contributed by atoms with Crippen LogP contribution in [0.3, 0.4) is 0 Å². The van der Waals surface area contributed by atoms with E-state index < -0.39 is 0 Å². The van der Waals surface area contributed by atoms with Crippen LogP contribution in [0.4, 0.5) is 11.8 Å². The molecule has 1 N–H and O–H groups in total. The number of piperidine rings is 1. The molecule has 0 radical (unpaired) electrons. The number of nitrogens with one attached hydrogen (secondary N) is 1. The fourth-order valence-electron chi connectivity index (χ4n) is 3.91. The van der Waals surface area contributed by atoms with Gasteiger partial charge in [-0.05, 0) is 31.6 Å². The third-order valence-electron chi connectivity index (χ3n) is 5.59. The monoisotopic (exact) mass is 328 g/mol. The fraction of sp³-hybridized carbons (Fsp3) is 0.722. The van der Waals surface area contributed by atoms with Crippen molar-refractivity contribution in [3.8, 4) is 0 Å². The highest BCUT2D eigenvalue weighted by atomic mass is 15.3. The Morgan fingerprint density at radius 2 is 1.79 bits per heavy atom. The molecule has 130 valence electrons. The van der Waals surface area contributed by atoms with Gasteiger partial charge in [0.05, 0.1) is 11.6 Å². The van der Waals surface area contributed by atoms with E-state index in [0.717, 1.165) is 41.8 Å². The van der Waals surface area contributed by atoms with Crippen LogP contribution < -0.4 is 10.2 Å². The minimum Gasteiger partial charge on any atom is -0.367 e. The van der Waals surface area contributed by atoms with Crippen LogP contribution in [0.5, 0.6) is 0 Å². The van der Waals surface area contributed by atoms with Gasteiger partial charge < -0.3 is 10.2 Å². The number of aryl methyl sites for hydroxylation is 1. The van der Waals surface area contributed by atoms with E-state index >= 15 is 0 Å². The minimum absolute atomic E-state index is 0.534. The molecule has 6 heteroatoms. The summed E-state index contributed by atoms with van der Waals surface area (Å²) >= 11 is 0. The highest BCUT2D eigenvalue weighted by Crippen LogP contribution is 2.28. The molecular weight excluding hydrogens is 300 g/mol. The van der Waals surface area contributed by atoms with Crippen molar-refractivity contribution in [1.29, 1.82) is 0 Å². The summed E-state index contributed by atoms with van der Waals surface area (Å²) in [7, 11) is 1.96. The average Bonchev–Trinajstić information content (AvgIpc) is 2.98. The molecule has 0 spiro atoms. The molecule has 2 aromatic rings. The van der Waals surface area contributed by atoms with Gasteiger partial charge in [0.15, 0.2) is 5.65 Å². The Labute approximate surface area is 143 Å². The zero-order valence-corrected chi connectivity index (χ0v) is 14.8. The van der Waals surface area contributed by atoms with Gasteiger partial charge in [0.1, 0.15) is 5.82 Å². The van der Waals surface area contributed by atoms with Gasteiger partial charge in [-0.3, -0.25) is 4.68 Å². The second-order valence-corrected chi connectivity index (χ2v) is 7.53. The topological polar surface area (TPSA) is 58.9 Å². The molecule has 2 aliphatic rings. The van der Waals surface area contributed by atoms with Crippen LogP contribution in [0.2, 0.25) is 0 Å². The summed E-state index contributed by atoms with van der Waals surface area (Å²) in [4.78, 5) is 12.1. The number of rotatable bonds is 3. The van der Waals surface area contributed by atoms with E-state index in [9.17, 15) is 0 Å². The molecule has 0 aromatic carbocycles. The van der Waals surface area contributed by atoms with Crippen molar-refractivity contribution in [2.24, 2.45) is 13.0 Å². The molecule has 1 aliphatic carbocycles. The maximum Gasteiger partial charge on any atom is 0.229 e. The molecule has 1 aliphatic heterocycles. The number of nitrogens with zero attached hydrogens (tertiary/aromatic N) is 5. The van der Waals surface area contributed by atoms with Crippen molar-refractivity contribution >= 4 is 22.8 Å². The van der Waals surface area contributed by atoms with E-state index in [1.54, 1.807) is 0 Å². The lowest BCUT2D eigenvalue weighted by molar-refractivity contribution is 0.434. The molecule has 1 saturated carbocycles. The molecule has 0 atom stereocenters. The molecule has 0 bridgehead atoms. The molecule has 24 heavy (non-hydrogen) atoms. The summed E-state index contributed by atoms with van der Waals surface area (Å²) in [6, 6.07) is 0.534. The molecule has 6 nitrogen and oxygen atoms in total. The highest BCUT2D eigenvalue weighted by Gasteiger charge is 2.22. The smallest absolute Gasteiger partial charge is 0.229 e. The third kappa shape index (κ3) is 3.06. The van der Waals surface area contributed by atoms with Crippen LogP contribution in [-0.4, -0.2) is 38.9 Å². The zero-order valence-electron chi connectivity index (χ0n) is 14.8. The van der Waals surface area contributed by atoms with Gasteiger partial charge in [0, 0.05) is 26.2 Å². The van der Waals surface area contributed by atoms with Gasteiger partial charge in [-0.15, -0.1) is 0 Å². The van der Waals surface area contributed by atoms with Gasteiger partial charge in [0.2, 0.25) is 5.95 Å². The number of hydrogen-bond donors (Lipinski definition) is 1. The zero-order chi connectivity index (χ0) is 16.5. The summed E-state index contributed by atoms with van der Waals surface area (Å²) in [5, 5.41) is 9.14. The first kappa shape index (κ1) is 15.7. The van der Waals surface area contributed by atoms with E-state index in [1.807, 2.05) is 17.9 Å². The summed E-state index contributed by atoms with van der Waals surface area (Å²) < 4.78 is 1.86. The van der Waals surface area contributed by atoms with Crippen LogP contribution in [0.25, 0.3) is 11.0 Å². The quantitative estimate of drug-likeness (QED) is 0.936. The SMILES string of the molecule is CC1CCN(c2nc(NC3CCCCC3)c3cnn(C)c3n2)CC1. The lowest BCUT2D eigenvalue weighted by atomic mass is 9.95. The first-order valence-electron chi connectivity index (χ1n) is 9.42. The molecule has 1 saturated heterocycles. The Balaban J connectivity index is 1.66. The van der Waals surface area contributed by atoms with E-state index in [-0.39, 0.29) is 0 Å². The standard InChI is InChI=1S/C18H28N6/c1-13-8-10-24(11-9-13)18-21-16(20-14-6-4-3-5-7-14)15-12-19-23(2)17(15)22-18/h12-14H,3-11H2,1-2H3,(H,20,21,22). The Morgan fingerprint density at radius 1 is 1.04 bits per heavy atom. The van der Waals surface area contributed by atoms with E-state index in [4.69, 9.17) is 9.97 Å². The fourth-order valence-corrected chi connectivity index (χ4v) is 3.91. The normalized spacial score (nSPS) is 20.7.